The van der Waals surface area contributed by atoms with Gasteiger partial charge in [-0.1, -0.05) is 18.2 Å². The van der Waals surface area contributed by atoms with Gasteiger partial charge in [0, 0.05) is 38.5 Å². The summed E-state index contributed by atoms with van der Waals surface area (Å²) < 4.78 is 5.95. The van der Waals surface area contributed by atoms with E-state index in [2.05, 4.69) is 5.32 Å². The molecule has 1 aliphatic carbocycles. The fraction of sp³-hybridized carbons (Fsp3) is 0.619. The van der Waals surface area contributed by atoms with E-state index in [-0.39, 0.29) is 12.1 Å². The Morgan fingerprint density at radius 3 is 2.37 bits per heavy atom. The zero-order valence-electron chi connectivity index (χ0n) is 15.8. The summed E-state index contributed by atoms with van der Waals surface area (Å²) in [4.78, 5) is 28.4. The number of rotatable bonds is 5. The van der Waals surface area contributed by atoms with Gasteiger partial charge < -0.3 is 19.9 Å². The van der Waals surface area contributed by atoms with Gasteiger partial charge in [0.15, 0.2) is 0 Å². The molecule has 2 aliphatic heterocycles. The summed E-state index contributed by atoms with van der Waals surface area (Å²) in [5.74, 6) is 1.98. The van der Waals surface area contributed by atoms with Crippen LogP contribution in [0.4, 0.5) is 4.79 Å². The molecule has 3 fully saturated rings. The van der Waals surface area contributed by atoms with Crippen LogP contribution in [0.15, 0.2) is 30.3 Å². The normalized spacial score (nSPS) is 23.3. The number of hydrogen-bond acceptors (Lipinski definition) is 3. The average Bonchev–Trinajstić information content (AvgIpc) is 3.46. The van der Waals surface area contributed by atoms with Gasteiger partial charge in [-0.3, -0.25) is 4.79 Å². The monoisotopic (exact) mass is 371 g/mol. The maximum Gasteiger partial charge on any atom is 0.317 e. The summed E-state index contributed by atoms with van der Waals surface area (Å²) >= 11 is 0. The molecule has 4 rings (SSSR count). The molecule has 1 aromatic carbocycles. The Labute approximate surface area is 160 Å². The number of carbonyl (C=O) groups excluding carboxylic acids is 2. The van der Waals surface area contributed by atoms with Gasteiger partial charge >= 0.3 is 6.03 Å². The Morgan fingerprint density at radius 2 is 1.67 bits per heavy atom. The van der Waals surface area contributed by atoms with Crippen LogP contribution in [0.5, 0.6) is 5.75 Å². The number of carbonyl (C=O) groups is 2. The zero-order chi connectivity index (χ0) is 18.6. The van der Waals surface area contributed by atoms with Gasteiger partial charge in [-0.15, -0.1) is 0 Å². The molecule has 0 spiro atoms. The van der Waals surface area contributed by atoms with Crippen LogP contribution in [0.25, 0.3) is 0 Å². The van der Waals surface area contributed by atoms with Gasteiger partial charge in [0.25, 0.3) is 0 Å². The van der Waals surface area contributed by atoms with E-state index in [1.54, 1.807) is 0 Å². The lowest BCUT2D eigenvalue weighted by molar-refractivity contribution is -0.133. The fourth-order valence-electron chi connectivity index (χ4n) is 3.99. The minimum absolute atomic E-state index is 0.00523. The van der Waals surface area contributed by atoms with E-state index in [0.717, 1.165) is 57.5 Å². The predicted octanol–water partition coefficient (Wildman–Crippen LogP) is 2.50. The van der Waals surface area contributed by atoms with Gasteiger partial charge in [-0.25, -0.2) is 4.79 Å². The van der Waals surface area contributed by atoms with Crippen molar-refractivity contribution in [3.8, 4) is 5.75 Å². The van der Waals surface area contributed by atoms with Gasteiger partial charge in [-0.05, 0) is 43.7 Å². The van der Waals surface area contributed by atoms with Crippen LogP contribution in [-0.2, 0) is 4.79 Å². The summed E-state index contributed by atoms with van der Waals surface area (Å²) in [7, 11) is 0. The molecular formula is C21H29N3O3. The Balaban J connectivity index is 1.15. The minimum Gasteiger partial charge on any atom is -0.489 e. The van der Waals surface area contributed by atoms with Crippen LogP contribution in [0, 0.1) is 11.8 Å². The van der Waals surface area contributed by atoms with Crippen LogP contribution in [0.1, 0.15) is 32.1 Å². The highest BCUT2D eigenvalue weighted by atomic mass is 16.5. The van der Waals surface area contributed by atoms with Crippen LogP contribution in [0.2, 0.25) is 0 Å². The van der Waals surface area contributed by atoms with Crippen LogP contribution < -0.4 is 10.1 Å². The lowest BCUT2D eigenvalue weighted by atomic mass is 9.96. The molecule has 2 saturated heterocycles. The average molecular weight is 371 g/mol. The minimum atomic E-state index is 0.00523. The van der Waals surface area contributed by atoms with Crippen molar-refractivity contribution < 1.29 is 14.3 Å². The second-order valence-corrected chi connectivity index (χ2v) is 8.02. The molecule has 27 heavy (non-hydrogen) atoms. The predicted molar refractivity (Wildman–Crippen MR) is 102 cm³/mol. The van der Waals surface area contributed by atoms with E-state index >= 15 is 0 Å². The van der Waals surface area contributed by atoms with Crippen molar-refractivity contribution in [3.63, 3.8) is 0 Å². The fourth-order valence-corrected chi connectivity index (χ4v) is 3.99. The molecule has 6 nitrogen and oxygen atoms in total. The molecule has 146 valence electrons. The molecule has 3 amide bonds. The smallest absolute Gasteiger partial charge is 0.317 e. The lowest BCUT2D eigenvalue weighted by Crippen LogP contribution is -2.45. The number of ether oxygens (including phenoxy) is 1. The molecule has 0 bridgehead atoms. The van der Waals surface area contributed by atoms with Crippen molar-refractivity contribution in [2.24, 2.45) is 11.8 Å². The quantitative estimate of drug-likeness (QED) is 0.865. The molecule has 3 aliphatic rings. The van der Waals surface area contributed by atoms with Gasteiger partial charge in [0.05, 0.1) is 6.54 Å². The number of hydrogen-bond donors (Lipinski definition) is 1. The third-order valence-corrected chi connectivity index (χ3v) is 5.87. The Morgan fingerprint density at radius 1 is 0.963 bits per heavy atom. The van der Waals surface area contributed by atoms with E-state index in [1.165, 1.54) is 0 Å². The van der Waals surface area contributed by atoms with Crippen molar-refractivity contribution in [1.82, 2.24) is 15.1 Å². The maximum atomic E-state index is 12.5. The number of benzene rings is 1. The third-order valence-electron chi connectivity index (χ3n) is 5.87. The van der Waals surface area contributed by atoms with Crippen molar-refractivity contribution >= 4 is 11.9 Å². The molecule has 2 heterocycles. The van der Waals surface area contributed by atoms with Crippen molar-refractivity contribution in [3.05, 3.63) is 30.3 Å². The van der Waals surface area contributed by atoms with Crippen LogP contribution in [-0.4, -0.2) is 60.6 Å². The lowest BCUT2D eigenvalue weighted by Gasteiger charge is -2.32. The number of nitrogens with one attached hydrogen (secondary N) is 1. The van der Waals surface area contributed by atoms with Crippen molar-refractivity contribution in [2.45, 2.75) is 38.2 Å². The van der Waals surface area contributed by atoms with Gasteiger partial charge in [0.1, 0.15) is 11.9 Å². The largest absolute Gasteiger partial charge is 0.489 e. The summed E-state index contributed by atoms with van der Waals surface area (Å²) in [5, 5.41) is 3.09. The highest BCUT2D eigenvalue weighted by Gasteiger charge is 2.35. The van der Waals surface area contributed by atoms with Crippen LogP contribution in [0.3, 0.4) is 0 Å². The topological polar surface area (TPSA) is 61.9 Å². The standard InChI is InChI=1S/C21H29N3O3/c25-20(17-6-7-17)23-11-8-16(9-12-23)14-22-21(26)24-13-10-19(15-24)27-18-4-2-1-3-5-18/h1-5,16-17,19H,6-15H2,(H,22,26). The van der Waals surface area contributed by atoms with E-state index in [4.69, 9.17) is 4.74 Å². The van der Waals surface area contributed by atoms with Crippen LogP contribution >= 0.6 is 0 Å². The molecule has 1 atom stereocenters. The highest BCUT2D eigenvalue weighted by molar-refractivity contribution is 5.81. The number of para-hydroxylation sites is 1. The first-order valence-electron chi connectivity index (χ1n) is 10.2. The molecule has 1 aromatic rings. The second kappa shape index (κ2) is 8.19. The first kappa shape index (κ1) is 18.1. The van der Waals surface area contributed by atoms with Crippen molar-refractivity contribution in [2.75, 3.05) is 32.7 Å². The number of piperidine rings is 1. The van der Waals surface area contributed by atoms with E-state index in [9.17, 15) is 9.59 Å². The Bertz CT molecular complexity index is 654. The maximum absolute atomic E-state index is 12.5. The number of nitrogens with zero attached hydrogens (tertiary/aromatic N) is 2. The number of amides is 3. The SMILES string of the molecule is O=C(NCC1CCN(C(=O)C2CC2)CC1)N1CCC(Oc2ccccc2)C1. The molecule has 0 aromatic heterocycles. The first-order valence-corrected chi connectivity index (χ1v) is 10.2. The Hall–Kier alpha value is -2.24. The third kappa shape index (κ3) is 4.73. The number of urea groups is 1. The van der Waals surface area contributed by atoms with Gasteiger partial charge in [-0.2, -0.15) is 0 Å². The molecule has 6 heteroatoms. The molecule has 1 saturated carbocycles. The van der Waals surface area contributed by atoms with Gasteiger partial charge in [0.2, 0.25) is 5.91 Å². The zero-order valence-corrected chi connectivity index (χ0v) is 15.8. The molecule has 1 unspecified atom stereocenters. The summed E-state index contributed by atoms with van der Waals surface area (Å²) in [6.45, 7) is 3.75. The summed E-state index contributed by atoms with van der Waals surface area (Å²) in [6, 6.07) is 9.78. The van der Waals surface area contributed by atoms with E-state index in [1.807, 2.05) is 40.1 Å². The summed E-state index contributed by atoms with van der Waals surface area (Å²) in [5.41, 5.74) is 0. The molecule has 1 N–H and O–H groups in total. The molecular weight excluding hydrogens is 342 g/mol. The van der Waals surface area contributed by atoms with Crippen molar-refractivity contribution in [1.29, 1.82) is 0 Å². The highest BCUT2D eigenvalue weighted by Crippen LogP contribution is 2.32. The second-order valence-electron chi connectivity index (χ2n) is 8.02. The number of likely N-dealkylation sites (tertiary alicyclic amines) is 2. The summed E-state index contributed by atoms with van der Waals surface area (Å²) in [6.07, 6.45) is 5.04. The van der Waals surface area contributed by atoms with E-state index in [0.29, 0.717) is 30.8 Å². The molecule has 0 radical (unpaired) electrons. The Kier molecular flexibility index (Phi) is 5.50. The first-order chi connectivity index (χ1) is 13.2. The van der Waals surface area contributed by atoms with E-state index < -0.39 is 0 Å².